The molecule has 5 heteroatoms. The highest BCUT2D eigenvalue weighted by Crippen LogP contribution is 2.31. The molecule has 1 aromatic heterocycles. The lowest BCUT2D eigenvalue weighted by molar-refractivity contribution is 0.515. The highest BCUT2D eigenvalue weighted by atomic mass is 35.5. The second-order valence-electron chi connectivity index (χ2n) is 3.62. The molecule has 0 saturated heterocycles. The van der Waals surface area contributed by atoms with Crippen molar-refractivity contribution < 1.29 is 8.81 Å². The fourth-order valence-corrected chi connectivity index (χ4v) is 2.06. The van der Waals surface area contributed by atoms with Crippen LogP contribution in [0.2, 0.25) is 10.0 Å². The summed E-state index contributed by atoms with van der Waals surface area (Å²) in [6.45, 7) is 2.39. The van der Waals surface area contributed by atoms with Crippen molar-refractivity contribution in [2.45, 2.75) is 13.5 Å². The van der Waals surface area contributed by atoms with Crippen molar-refractivity contribution in [1.29, 1.82) is 0 Å². The topological polar surface area (TPSA) is 25.2 Å². The molecular formula is C12H10Cl2FNO. The van der Waals surface area contributed by atoms with Crippen LogP contribution in [-0.2, 0) is 6.54 Å². The van der Waals surface area contributed by atoms with Gasteiger partial charge in [0.1, 0.15) is 11.6 Å². The van der Waals surface area contributed by atoms with Gasteiger partial charge in [-0.3, -0.25) is 0 Å². The molecule has 2 nitrogen and oxygen atoms in total. The summed E-state index contributed by atoms with van der Waals surface area (Å²) >= 11 is 11.8. The largest absolute Gasteiger partial charge is 0.467 e. The molecule has 90 valence electrons. The maximum absolute atomic E-state index is 13.0. The smallest absolute Gasteiger partial charge is 0.126 e. The molecule has 0 atom stereocenters. The van der Waals surface area contributed by atoms with E-state index in [4.69, 9.17) is 27.6 Å². The Labute approximate surface area is 108 Å². The second-order valence-corrected chi connectivity index (χ2v) is 4.44. The molecule has 0 aliphatic rings. The van der Waals surface area contributed by atoms with Gasteiger partial charge in [-0.25, -0.2) is 4.39 Å². The zero-order chi connectivity index (χ0) is 12.4. The molecule has 0 spiro atoms. The third-order valence-corrected chi connectivity index (χ3v) is 3.00. The van der Waals surface area contributed by atoms with Crippen molar-refractivity contribution in [3.63, 3.8) is 0 Å². The number of rotatable bonds is 3. The van der Waals surface area contributed by atoms with Gasteiger partial charge in [-0.15, -0.1) is 0 Å². The lowest BCUT2D eigenvalue weighted by Gasteiger charge is -2.09. The van der Waals surface area contributed by atoms with E-state index in [2.05, 4.69) is 5.32 Å². The van der Waals surface area contributed by atoms with Crippen molar-refractivity contribution in [3.05, 3.63) is 51.6 Å². The molecule has 0 aliphatic carbocycles. The quantitative estimate of drug-likeness (QED) is 0.881. The van der Waals surface area contributed by atoms with E-state index in [1.165, 1.54) is 12.1 Å². The Hall–Kier alpha value is -1.19. The fraction of sp³-hybridized carbons (Fsp3) is 0.167. The van der Waals surface area contributed by atoms with Gasteiger partial charge in [0.25, 0.3) is 0 Å². The average molecular weight is 274 g/mol. The maximum atomic E-state index is 13.0. The van der Waals surface area contributed by atoms with E-state index in [1.807, 2.05) is 13.0 Å². The number of benzene rings is 1. The molecule has 0 fully saturated rings. The van der Waals surface area contributed by atoms with E-state index in [-0.39, 0.29) is 10.0 Å². The van der Waals surface area contributed by atoms with Gasteiger partial charge >= 0.3 is 0 Å². The lowest BCUT2D eigenvalue weighted by atomic mass is 10.2. The van der Waals surface area contributed by atoms with Gasteiger partial charge in [-0.1, -0.05) is 23.2 Å². The minimum absolute atomic E-state index is 0.249. The number of halogens is 3. The first kappa shape index (κ1) is 12.3. The van der Waals surface area contributed by atoms with Crippen LogP contribution in [0.1, 0.15) is 11.3 Å². The summed E-state index contributed by atoms with van der Waals surface area (Å²) in [6.07, 6.45) is 1.61. The molecule has 2 aromatic rings. The summed E-state index contributed by atoms with van der Waals surface area (Å²) in [5.74, 6) is 0.334. The van der Waals surface area contributed by atoms with E-state index in [1.54, 1.807) is 6.26 Å². The summed E-state index contributed by atoms with van der Waals surface area (Å²) in [5, 5.41) is 3.53. The standard InChI is InChI=1S/C12H10Cl2FNO/c1-7-2-3-17-11(7)6-16-12-9(13)4-8(15)5-10(12)14/h2-5,16H,6H2,1H3. The minimum Gasteiger partial charge on any atom is -0.467 e. The summed E-state index contributed by atoms with van der Waals surface area (Å²) in [6, 6.07) is 4.29. The molecule has 17 heavy (non-hydrogen) atoms. The van der Waals surface area contributed by atoms with Crippen molar-refractivity contribution in [2.75, 3.05) is 5.32 Å². The minimum atomic E-state index is -0.459. The van der Waals surface area contributed by atoms with Gasteiger partial charge in [-0.05, 0) is 30.7 Å². The highest BCUT2D eigenvalue weighted by Gasteiger charge is 2.09. The molecule has 0 bridgehead atoms. The van der Waals surface area contributed by atoms with E-state index in [0.29, 0.717) is 12.2 Å². The van der Waals surface area contributed by atoms with Gasteiger partial charge in [-0.2, -0.15) is 0 Å². The molecule has 2 rings (SSSR count). The summed E-state index contributed by atoms with van der Waals surface area (Å²) in [5.41, 5.74) is 1.54. The van der Waals surface area contributed by atoms with Crippen LogP contribution >= 0.6 is 23.2 Å². The first-order valence-corrected chi connectivity index (χ1v) is 5.75. The molecule has 0 unspecified atom stereocenters. The van der Waals surface area contributed by atoms with Crippen LogP contribution in [0.25, 0.3) is 0 Å². The lowest BCUT2D eigenvalue weighted by Crippen LogP contribution is -2.01. The number of hydrogen-bond donors (Lipinski definition) is 1. The first-order valence-electron chi connectivity index (χ1n) is 4.99. The van der Waals surface area contributed by atoms with Gasteiger partial charge in [0.2, 0.25) is 0 Å². The van der Waals surface area contributed by atoms with E-state index in [9.17, 15) is 4.39 Å². The molecule has 0 amide bonds. The fourth-order valence-electron chi connectivity index (χ4n) is 1.46. The second kappa shape index (κ2) is 4.98. The Morgan fingerprint density at radius 2 is 1.94 bits per heavy atom. The predicted molar refractivity (Wildman–Crippen MR) is 67.2 cm³/mol. The highest BCUT2D eigenvalue weighted by molar-refractivity contribution is 6.39. The number of hydrogen-bond acceptors (Lipinski definition) is 2. The SMILES string of the molecule is Cc1ccoc1CNc1c(Cl)cc(F)cc1Cl. The Morgan fingerprint density at radius 1 is 1.29 bits per heavy atom. The molecule has 1 N–H and O–H groups in total. The van der Waals surface area contributed by atoms with Gasteiger partial charge in [0.15, 0.2) is 0 Å². The third kappa shape index (κ3) is 2.73. The Bertz CT molecular complexity index is 516. The Kier molecular flexibility index (Phi) is 3.60. The van der Waals surface area contributed by atoms with Gasteiger partial charge < -0.3 is 9.73 Å². The number of anilines is 1. The van der Waals surface area contributed by atoms with Crippen LogP contribution < -0.4 is 5.32 Å². The molecular weight excluding hydrogens is 264 g/mol. The van der Waals surface area contributed by atoms with Gasteiger partial charge in [0.05, 0.1) is 28.5 Å². The van der Waals surface area contributed by atoms with Crippen LogP contribution in [0.3, 0.4) is 0 Å². The van der Waals surface area contributed by atoms with Crippen LogP contribution in [0.5, 0.6) is 0 Å². The summed E-state index contributed by atoms with van der Waals surface area (Å²) in [7, 11) is 0. The van der Waals surface area contributed by atoms with Crippen molar-refractivity contribution >= 4 is 28.9 Å². The summed E-state index contributed by atoms with van der Waals surface area (Å²) < 4.78 is 18.2. The zero-order valence-electron chi connectivity index (χ0n) is 9.06. The molecule has 0 saturated carbocycles. The Morgan fingerprint density at radius 3 is 2.47 bits per heavy atom. The van der Waals surface area contributed by atoms with Crippen LogP contribution in [-0.4, -0.2) is 0 Å². The molecule has 0 aliphatic heterocycles. The number of nitrogens with one attached hydrogen (secondary N) is 1. The third-order valence-electron chi connectivity index (χ3n) is 2.40. The molecule has 1 aromatic carbocycles. The van der Waals surface area contributed by atoms with Crippen molar-refractivity contribution in [3.8, 4) is 0 Å². The predicted octanol–water partition coefficient (Wildman–Crippen LogP) is 4.65. The average Bonchev–Trinajstić information content (AvgIpc) is 2.62. The van der Waals surface area contributed by atoms with Crippen molar-refractivity contribution in [1.82, 2.24) is 0 Å². The molecule has 1 heterocycles. The number of furan rings is 1. The van der Waals surface area contributed by atoms with Gasteiger partial charge in [0, 0.05) is 0 Å². The van der Waals surface area contributed by atoms with Crippen molar-refractivity contribution in [2.24, 2.45) is 0 Å². The van der Waals surface area contributed by atoms with E-state index >= 15 is 0 Å². The Balaban J connectivity index is 2.17. The van der Waals surface area contributed by atoms with Crippen LogP contribution in [0.4, 0.5) is 10.1 Å². The van der Waals surface area contributed by atoms with Crippen LogP contribution in [0, 0.1) is 12.7 Å². The monoisotopic (exact) mass is 273 g/mol. The molecule has 0 radical (unpaired) electrons. The number of aryl methyl sites for hydroxylation is 1. The summed E-state index contributed by atoms with van der Waals surface area (Å²) in [4.78, 5) is 0. The zero-order valence-corrected chi connectivity index (χ0v) is 10.6. The van der Waals surface area contributed by atoms with E-state index < -0.39 is 5.82 Å². The van der Waals surface area contributed by atoms with Crippen LogP contribution in [0.15, 0.2) is 28.9 Å². The maximum Gasteiger partial charge on any atom is 0.126 e. The normalized spacial score (nSPS) is 10.6. The van der Waals surface area contributed by atoms with E-state index in [0.717, 1.165) is 11.3 Å². The first-order chi connectivity index (χ1) is 8.08.